The van der Waals surface area contributed by atoms with E-state index in [4.69, 9.17) is 9.47 Å². The number of nitrogens with zero attached hydrogens (tertiary/aromatic N) is 1. The number of ether oxygens (including phenoxy) is 2. The van der Waals surface area contributed by atoms with Gasteiger partial charge < -0.3 is 25.4 Å². The maximum absolute atomic E-state index is 11.5. The van der Waals surface area contributed by atoms with Crippen molar-refractivity contribution >= 4 is 35.8 Å². The van der Waals surface area contributed by atoms with E-state index in [9.17, 15) is 4.79 Å². The highest BCUT2D eigenvalue weighted by Crippen LogP contribution is 2.14. The molecule has 0 fully saturated rings. The average Bonchev–Trinajstić information content (AvgIpc) is 2.75. The highest BCUT2D eigenvalue weighted by Gasteiger charge is 2.03. The number of carbonyl (C=O) groups is 1. The molecule has 30 heavy (non-hydrogen) atoms. The molecule has 164 valence electrons. The largest absolute Gasteiger partial charge is 0.497 e. The van der Waals surface area contributed by atoms with Gasteiger partial charge in [-0.05, 0) is 49.2 Å². The van der Waals surface area contributed by atoms with Gasteiger partial charge in [0.2, 0.25) is 0 Å². The van der Waals surface area contributed by atoms with E-state index in [0.717, 1.165) is 29.4 Å². The molecule has 2 aromatic carbocycles. The van der Waals surface area contributed by atoms with Crippen LogP contribution in [0.1, 0.15) is 25.0 Å². The van der Waals surface area contributed by atoms with Gasteiger partial charge in [-0.3, -0.25) is 4.79 Å². The lowest BCUT2D eigenvalue weighted by Crippen LogP contribution is -2.36. The van der Waals surface area contributed by atoms with E-state index in [-0.39, 0.29) is 36.5 Å². The number of hydrogen-bond acceptors (Lipinski definition) is 4. The normalized spacial score (nSPS) is 10.6. The van der Waals surface area contributed by atoms with E-state index in [2.05, 4.69) is 20.9 Å². The summed E-state index contributed by atoms with van der Waals surface area (Å²) in [6.07, 6.45) is 0. The van der Waals surface area contributed by atoms with Crippen LogP contribution in [0, 0.1) is 0 Å². The molecule has 0 saturated heterocycles. The minimum Gasteiger partial charge on any atom is -0.497 e. The van der Waals surface area contributed by atoms with Crippen LogP contribution in [-0.4, -0.2) is 38.7 Å². The summed E-state index contributed by atoms with van der Waals surface area (Å²) in [6, 6.07) is 15.5. The molecule has 0 unspecified atom stereocenters. The van der Waals surface area contributed by atoms with Crippen LogP contribution in [0.25, 0.3) is 0 Å². The molecule has 0 aromatic heterocycles. The molecule has 0 spiro atoms. The van der Waals surface area contributed by atoms with Crippen LogP contribution in [0.5, 0.6) is 11.5 Å². The van der Waals surface area contributed by atoms with E-state index in [1.807, 2.05) is 62.4 Å². The van der Waals surface area contributed by atoms with Gasteiger partial charge in [-0.2, -0.15) is 0 Å². The molecule has 8 heteroatoms. The van der Waals surface area contributed by atoms with Crippen molar-refractivity contribution in [1.82, 2.24) is 16.0 Å². The van der Waals surface area contributed by atoms with Gasteiger partial charge in [-0.25, -0.2) is 4.99 Å². The maximum atomic E-state index is 11.5. The van der Waals surface area contributed by atoms with Crippen molar-refractivity contribution in [2.24, 2.45) is 4.99 Å². The second-order valence-corrected chi connectivity index (χ2v) is 6.29. The number of rotatable bonds is 10. The van der Waals surface area contributed by atoms with Gasteiger partial charge in [0.25, 0.3) is 5.91 Å². The van der Waals surface area contributed by atoms with Crippen LogP contribution in [0.3, 0.4) is 0 Å². The van der Waals surface area contributed by atoms with Crippen LogP contribution in [0.4, 0.5) is 0 Å². The second kappa shape index (κ2) is 14.5. The Labute approximate surface area is 195 Å². The fourth-order valence-corrected chi connectivity index (χ4v) is 2.61. The van der Waals surface area contributed by atoms with Gasteiger partial charge in [0.05, 0.1) is 13.7 Å². The Hall–Kier alpha value is -2.49. The minimum atomic E-state index is -0.132. The Kier molecular flexibility index (Phi) is 12.3. The molecule has 0 bridgehead atoms. The Morgan fingerprint density at radius 1 is 0.933 bits per heavy atom. The molecule has 0 radical (unpaired) electrons. The van der Waals surface area contributed by atoms with Gasteiger partial charge in [-0.1, -0.05) is 24.3 Å². The molecule has 1 amide bonds. The van der Waals surface area contributed by atoms with Crippen molar-refractivity contribution in [3.8, 4) is 11.5 Å². The molecule has 0 heterocycles. The zero-order valence-electron chi connectivity index (χ0n) is 17.7. The van der Waals surface area contributed by atoms with Gasteiger partial charge >= 0.3 is 0 Å². The van der Waals surface area contributed by atoms with Gasteiger partial charge in [0.1, 0.15) is 11.5 Å². The number of benzene rings is 2. The summed E-state index contributed by atoms with van der Waals surface area (Å²) in [5, 5.41) is 9.28. The van der Waals surface area contributed by atoms with Gasteiger partial charge in [0, 0.05) is 19.6 Å². The highest BCUT2D eigenvalue weighted by atomic mass is 127. The molecule has 0 aliphatic rings. The van der Waals surface area contributed by atoms with E-state index in [0.29, 0.717) is 25.4 Å². The predicted octanol–water partition coefficient (Wildman–Crippen LogP) is 3.08. The number of methoxy groups -OCH3 is 1. The molecule has 2 aromatic rings. The first kappa shape index (κ1) is 25.5. The van der Waals surface area contributed by atoms with E-state index in [1.54, 1.807) is 7.11 Å². The maximum Gasteiger partial charge on any atom is 0.257 e. The summed E-state index contributed by atoms with van der Waals surface area (Å²) in [4.78, 5) is 16.2. The van der Waals surface area contributed by atoms with E-state index in [1.165, 1.54) is 0 Å². The predicted molar refractivity (Wildman–Crippen MR) is 131 cm³/mol. The Morgan fingerprint density at radius 3 is 2.30 bits per heavy atom. The Morgan fingerprint density at radius 2 is 1.60 bits per heavy atom. The van der Waals surface area contributed by atoms with Crippen molar-refractivity contribution < 1.29 is 14.3 Å². The van der Waals surface area contributed by atoms with Crippen molar-refractivity contribution in [2.45, 2.75) is 26.9 Å². The van der Waals surface area contributed by atoms with Gasteiger partial charge in [-0.15, -0.1) is 24.0 Å². The molecule has 0 atom stereocenters. The van der Waals surface area contributed by atoms with Crippen molar-refractivity contribution in [3.05, 3.63) is 59.7 Å². The van der Waals surface area contributed by atoms with Crippen LogP contribution < -0.4 is 25.4 Å². The fraction of sp³-hybridized carbons (Fsp3) is 0.364. The summed E-state index contributed by atoms with van der Waals surface area (Å²) in [6.45, 7) is 6.39. The lowest BCUT2D eigenvalue weighted by atomic mass is 10.2. The zero-order chi connectivity index (χ0) is 20.9. The molecular weight excluding hydrogens is 495 g/mol. The number of guanidine groups is 1. The molecule has 7 nitrogen and oxygen atoms in total. The first-order valence-electron chi connectivity index (χ1n) is 9.78. The molecule has 0 saturated carbocycles. The summed E-state index contributed by atoms with van der Waals surface area (Å²) in [7, 11) is 1.66. The fourth-order valence-electron chi connectivity index (χ4n) is 2.61. The Bertz CT molecular complexity index is 814. The molecule has 0 aliphatic heterocycles. The SMILES string of the molecule is CCNC(=O)COc1cccc(CN=C(NCC)NCc2cccc(OC)c2)c1.I. The van der Waals surface area contributed by atoms with Crippen LogP contribution in [0.15, 0.2) is 53.5 Å². The topological polar surface area (TPSA) is 84.0 Å². The minimum absolute atomic E-state index is 0. The first-order valence-corrected chi connectivity index (χ1v) is 9.78. The smallest absolute Gasteiger partial charge is 0.257 e. The van der Waals surface area contributed by atoms with E-state index < -0.39 is 0 Å². The summed E-state index contributed by atoms with van der Waals surface area (Å²) >= 11 is 0. The average molecular weight is 526 g/mol. The van der Waals surface area contributed by atoms with Crippen LogP contribution in [-0.2, 0) is 17.9 Å². The van der Waals surface area contributed by atoms with Crippen LogP contribution >= 0.6 is 24.0 Å². The molecule has 2 rings (SSSR count). The second-order valence-electron chi connectivity index (χ2n) is 6.29. The molecule has 0 aliphatic carbocycles. The third-order valence-electron chi connectivity index (χ3n) is 4.00. The first-order chi connectivity index (χ1) is 14.1. The number of carbonyl (C=O) groups excluding carboxylic acids is 1. The third-order valence-corrected chi connectivity index (χ3v) is 4.00. The number of nitrogens with one attached hydrogen (secondary N) is 3. The number of aliphatic imine (C=N–C) groups is 1. The zero-order valence-corrected chi connectivity index (χ0v) is 20.1. The Balaban J connectivity index is 0.00000450. The van der Waals surface area contributed by atoms with E-state index >= 15 is 0 Å². The van der Waals surface area contributed by atoms with Crippen molar-refractivity contribution in [2.75, 3.05) is 26.8 Å². The standard InChI is InChI=1S/C22H30N4O3.HI/c1-4-23-21(27)16-29-20-11-7-9-18(13-20)15-26-22(24-5-2)25-14-17-8-6-10-19(12-17)28-3;/h6-13H,4-5,14-16H2,1-3H3,(H,23,27)(H2,24,25,26);1H. The number of amides is 1. The van der Waals surface area contributed by atoms with Crippen molar-refractivity contribution in [3.63, 3.8) is 0 Å². The monoisotopic (exact) mass is 526 g/mol. The summed E-state index contributed by atoms with van der Waals surface area (Å²) in [5.74, 6) is 2.07. The lowest BCUT2D eigenvalue weighted by Gasteiger charge is -2.12. The summed E-state index contributed by atoms with van der Waals surface area (Å²) in [5.41, 5.74) is 2.10. The third kappa shape index (κ3) is 9.34. The summed E-state index contributed by atoms with van der Waals surface area (Å²) < 4.78 is 10.8. The number of likely N-dealkylation sites (N-methyl/N-ethyl adjacent to an activating group) is 1. The number of halogens is 1. The molecular formula is C22H31IN4O3. The number of hydrogen-bond donors (Lipinski definition) is 3. The highest BCUT2D eigenvalue weighted by molar-refractivity contribution is 14.0. The van der Waals surface area contributed by atoms with Crippen molar-refractivity contribution in [1.29, 1.82) is 0 Å². The molecule has 3 N–H and O–H groups in total. The van der Waals surface area contributed by atoms with Crippen LogP contribution in [0.2, 0.25) is 0 Å². The lowest BCUT2D eigenvalue weighted by molar-refractivity contribution is -0.122. The van der Waals surface area contributed by atoms with Gasteiger partial charge in [0.15, 0.2) is 12.6 Å². The quantitative estimate of drug-likeness (QED) is 0.252.